The normalized spacial score (nSPS) is 10.0. The van der Waals surface area contributed by atoms with Gasteiger partial charge in [0.05, 0.1) is 12.1 Å². The lowest BCUT2D eigenvalue weighted by Gasteiger charge is -2.09. The van der Waals surface area contributed by atoms with Gasteiger partial charge >= 0.3 is 0 Å². The lowest BCUT2D eigenvalue weighted by Crippen LogP contribution is -2.00. The monoisotopic (exact) mass is 220 g/mol. The largest absolute Gasteiger partial charge is 0.495 e. The lowest BCUT2D eigenvalue weighted by atomic mass is 10.1. The van der Waals surface area contributed by atoms with Crippen LogP contribution in [0, 0.1) is 11.6 Å². The smallest absolute Gasteiger partial charge is 0.166 e. The van der Waals surface area contributed by atoms with Crippen LogP contribution in [0.3, 0.4) is 0 Å². The summed E-state index contributed by atoms with van der Waals surface area (Å²) in [5.41, 5.74) is -0.160. The number of hydrogen-bond donors (Lipinski definition) is 0. The first kappa shape index (κ1) is 10.9. The van der Waals surface area contributed by atoms with E-state index in [0.29, 0.717) is 6.29 Å². The van der Waals surface area contributed by atoms with Gasteiger partial charge in [0.2, 0.25) is 0 Å². The van der Waals surface area contributed by atoms with E-state index in [1.165, 1.54) is 7.11 Å². The highest BCUT2D eigenvalue weighted by Crippen LogP contribution is 2.32. The Morgan fingerprint density at radius 2 is 2.21 bits per heavy atom. The molecule has 0 fully saturated rings. The van der Waals surface area contributed by atoms with Gasteiger partial charge in [0.15, 0.2) is 11.6 Å². The molecule has 0 bridgehead atoms. The molecule has 76 valence electrons. The molecule has 0 spiro atoms. The molecule has 1 rings (SSSR count). The number of ether oxygens (including phenoxy) is 1. The van der Waals surface area contributed by atoms with E-state index in [1.54, 1.807) is 0 Å². The van der Waals surface area contributed by atoms with Gasteiger partial charge in [-0.3, -0.25) is 0 Å². The highest BCUT2D eigenvalue weighted by Gasteiger charge is 2.17. The summed E-state index contributed by atoms with van der Waals surface area (Å²) in [6.45, 7) is 0. The third-order valence-electron chi connectivity index (χ3n) is 1.71. The van der Waals surface area contributed by atoms with E-state index in [0.717, 1.165) is 6.07 Å². The number of carbonyl (C=O) groups is 1. The van der Waals surface area contributed by atoms with Gasteiger partial charge in [-0.25, -0.2) is 8.78 Å². The van der Waals surface area contributed by atoms with E-state index in [9.17, 15) is 13.6 Å². The van der Waals surface area contributed by atoms with E-state index in [4.69, 9.17) is 16.3 Å². The van der Waals surface area contributed by atoms with Crippen LogP contribution in [0.15, 0.2) is 6.07 Å². The van der Waals surface area contributed by atoms with Crippen LogP contribution in [-0.2, 0) is 11.2 Å². The van der Waals surface area contributed by atoms with Gasteiger partial charge in [0.1, 0.15) is 12.0 Å². The Balaban J connectivity index is 3.39. The summed E-state index contributed by atoms with van der Waals surface area (Å²) in [5.74, 6) is -2.19. The van der Waals surface area contributed by atoms with Crippen molar-refractivity contribution in [2.75, 3.05) is 7.11 Å². The molecule has 2 nitrogen and oxygen atoms in total. The maximum atomic E-state index is 13.1. The highest BCUT2D eigenvalue weighted by molar-refractivity contribution is 6.32. The van der Waals surface area contributed by atoms with Crippen molar-refractivity contribution < 1.29 is 18.3 Å². The van der Waals surface area contributed by atoms with Crippen molar-refractivity contribution in [1.82, 2.24) is 0 Å². The van der Waals surface area contributed by atoms with Crippen molar-refractivity contribution in [2.24, 2.45) is 0 Å². The van der Waals surface area contributed by atoms with Crippen LogP contribution >= 0.6 is 11.6 Å². The molecule has 0 radical (unpaired) electrons. The van der Waals surface area contributed by atoms with E-state index in [-0.39, 0.29) is 22.8 Å². The van der Waals surface area contributed by atoms with Gasteiger partial charge in [0, 0.05) is 12.0 Å². The zero-order chi connectivity index (χ0) is 10.7. The number of hydrogen-bond acceptors (Lipinski definition) is 2. The fraction of sp³-hybridized carbons (Fsp3) is 0.222. The predicted octanol–water partition coefficient (Wildman–Crippen LogP) is 2.37. The average molecular weight is 221 g/mol. The minimum Gasteiger partial charge on any atom is -0.495 e. The molecule has 0 amide bonds. The lowest BCUT2D eigenvalue weighted by molar-refractivity contribution is -0.107. The number of methoxy groups -OCH3 is 1. The first-order chi connectivity index (χ1) is 6.61. The SMILES string of the molecule is COc1c(Cl)cc(F)c(F)c1CC=O. The molecular weight excluding hydrogens is 214 g/mol. The summed E-state index contributed by atoms with van der Waals surface area (Å²) >= 11 is 5.59. The zero-order valence-electron chi connectivity index (χ0n) is 7.31. The minimum atomic E-state index is -1.10. The Hall–Kier alpha value is -1.16. The standard InChI is InChI=1S/C9H7ClF2O2/c1-14-9-5(2-3-13)8(12)7(11)4-6(9)10/h3-4H,2H2,1H3. The Morgan fingerprint density at radius 1 is 1.57 bits per heavy atom. The van der Waals surface area contributed by atoms with Crippen molar-refractivity contribution >= 4 is 17.9 Å². The first-order valence-corrected chi connectivity index (χ1v) is 4.13. The van der Waals surface area contributed by atoms with Crippen LogP contribution in [0.25, 0.3) is 0 Å². The van der Waals surface area contributed by atoms with Crippen molar-refractivity contribution in [3.63, 3.8) is 0 Å². The highest BCUT2D eigenvalue weighted by atomic mass is 35.5. The summed E-state index contributed by atoms with van der Waals surface area (Å²) < 4.78 is 30.8. The second-order valence-corrected chi connectivity index (χ2v) is 2.94. The third kappa shape index (κ3) is 1.85. The Bertz CT molecular complexity index is 366. The average Bonchev–Trinajstić information content (AvgIpc) is 2.14. The molecule has 0 heterocycles. The minimum absolute atomic E-state index is 0.00216. The number of halogens is 3. The van der Waals surface area contributed by atoms with Crippen LogP contribution in [0.2, 0.25) is 5.02 Å². The maximum Gasteiger partial charge on any atom is 0.166 e. The van der Waals surface area contributed by atoms with Crippen LogP contribution in [0.1, 0.15) is 5.56 Å². The number of rotatable bonds is 3. The molecule has 0 aliphatic carbocycles. The molecule has 0 aromatic heterocycles. The molecule has 0 saturated carbocycles. The molecule has 0 atom stereocenters. The summed E-state index contributed by atoms with van der Waals surface area (Å²) in [7, 11) is 1.27. The van der Waals surface area contributed by atoms with E-state index < -0.39 is 11.6 Å². The van der Waals surface area contributed by atoms with Crippen LogP contribution < -0.4 is 4.74 Å². The van der Waals surface area contributed by atoms with Gasteiger partial charge in [-0.1, -0.05) is 11.6 Å². The van der Waals surface area contributed by atoms with Gasteiger partial charge in [-0.05, 0) is 6.07 Å². The Labute approximate surface area is 84.4 Å². The number of aldehydes is 1. The van der Waals surface area contributed by atoms with Crippen molar-refractivity contribution in [2.45, 2.75) is 6.42 Å². The third-order valence-corrected chi connectivity index (χ3v) is 1.99. The van der Waals surface area contributed by atoms with E-state index in [1.807, 2.05) is 0 Å². The molecule has 0 aliphatic heterocycles. The van der Waals surface area contributed by atoms with Crippen LogP contribution in [0.5, 0.6) is 5.75 Å². The van der Waals surface area contributed by atoms with Crippen LogP contribution in [0.4, 0.5) is 8.78 Å². The summed E-state index contributed by atoms with van der Waals surface area (Å²) in [4.78, 5) is 10.2. The molecule has 1 aromatic rings. The predicted molar refractivity (Wildman–Crippen MR) is 47.7 cm³/mol. The van der Waals surface area contributed by atoms with Gasteiger partial charge in [0.25, 0.3) is 0 Å². The topological polar surface area (TPSA) is 26.3 Å². The summed E-state index contributed by atoms with van der Waals surface area (Å²) in [5, 5.41) is -0.0525. The zero-order valence-corrected chi connectivity index (χ0v) is 8.07. The molecule has 0 N–H and O–H groups in total. The fourth-order valence-corrected chi connectivity index (χ4v) is 1.40. The number of benzene rings is 1. The quantitative estimate of drug-likeness (QED) is 0.578. The molecular formula is C9H7ClF2O2. The summed E-state index contributed by atoms with van der Waals surface area (Å²) in [6.07, 6.45) is 0.184. The van der Waals surface area contributed by atoms with Crippen molar-refractivity contribution in [3.8, 4) is 5.75 Å². The Kier molecular flexibility index (Phi) is 3.41. The second-order valence-electron chi connectivity index (χ2n) is 2.54. The van der Waals surface area contributed by atoms with E-state index >= 15 is 0 Å². The van der Waals surface area contributed by atoms with Crippen LogP contribution in [-0.4, -0.2) is 13.4 Å². The fourth-order valence-electron chi connectivity index (χ4n) is 1.11. The summed E-state index contributed by atoms with van der Waals surface area (Å²) in [6, 6.07) is 0.810. The molecule has 0 saturated heterocycles. The molecule has 0 aliphatic rings. The van der Waals surface area contributed by atoms with Gasteiger partial charge in [-0.15, -0.1) is 0 Å². The van der Waals surface area contributed by atoms with Crippen molar-refractivity contribution in [3.05, 3.63) is 28.3 Å². The van der Waals surface area contributed by atoms with Crippen molar-refractivity contribution in [1.29, 1.82) is 0 Å². The second kappa shape index (κ2) is 4.37. The molecule has 14 heavy (non-hydrogen) atoms. The number of carbonyl (C=O) groups excluding carboxylic acids is 1. The molecule has 1 aromatic carbocycles. The molecule has 0 unspecified atom stereocenters. The van der Waals surface area contributed by atoms with Gasteiger partial charge < -0.3 is 9.53 Å². The maximum absolute atomic E-state index is 13.1. The van der Waals surface area contributed by atoms with Gasteiger partial charge in [-0.2, -0.15) is 0 Å². The first-order valence-electron chi connectivity index (χ1n) is 3.75. The Morgan fingerprint density at radius 3 is 2.71 bits per heavy atom. The van der Waals surface area contributed by atoms with E-state index in [2.05, 4.69) is 0 Å². The molecule has 5 heteroatoms.